The predicted octanol–water partition coefficient (Wildman–Crippen LogP) is 3.65. The molecule has 0 N–H and O–H groups in total. The van der Waals surface area contributed by atoms with Crippen molar-refractivity contribution in [1.82, 2.24) is 0 Å². The van der Waals surface area contributed by atoms with Gasteiger partial charge in [0.25, 0.3) is 0 Å². The van der Waals surface area contributed by atoms with Crippen molar-refractivity contribution in [3.05, 3.63) is 33.5 Å². The molecule has 8 heteroatoms. The summed E-state index contributed by atoms with van der Waals surface area (Å²) in [6, 6.07) is 0. The summed E-state index contributed by atoms with van der Waals surface area (Å²) in [4.78, 5) is 36.3. The molecule has 0 amide bonds. The highest BCUT2D eigenvalue weighted by molar-refractivity contribution is 9.12. The van der Waals surface area contributed by atoms with Gasteiger partial charge >= 0.3 is 17.9 Å². The summed E-state index contributed by atoms with van der Waals surface area (Å²) in [5.41, 5.74) is 0.286. The van der Waals surface area contributed by atoms with E-state index in [2.05, 4.69) is 38.4 Å². The molecule has 0 fully saturated rings. The van der Waals surface area contributed by atoms with Gasteiger partial charge in [0.05, 0.1) is 16.7 Å². The van der Waals surface area contributed by atoms with Crippen molar-refractivity contribution in [3.8, 4) is 0 Å². The van der Waals surface area contributed by atoms with Gasteiger partial charge in [0.15, 0.2) is 5.76 Å². The zero-order chi connectivity index (χ0) is 18.1. The summed E-state index contributed by atoms with van der Waals surface area (Å²) >= 11 is 6.41. The smallest absolute Gasteiger partial charge is 0.344 e. The summed E-state index contributed by atoms with van der Waals surface area (Å²) in [6.45, 7) is 5.30. The number of carbonyl (C=O) groups excluding carboxylic acids is 3. The number of allylic oxidation sites excluding steroid dienone is 1. The van der Waals surface area contributed by atoms with E-state index in [0.717, 1.165) is 12.5 Å². The molecule has 0 saturated heterocycles. The molecule has 1 unspecified atom stereocenters. The maximum atomic E-state index is 12.0. The average Bonchev–Trinajstić information content (AvgIpc) is 2.84. The minimum atomic E-state index is -0.690. The van der Waals surface area contributed by atoms with Crippen molar-refractivity contribution in [2.75, 3.05) is 6.61 Å². The van der Waals surface area contributed by atoms with Crippen molar-refractivity contribution >= 4 is 49.8 Å². The van der Waals surface area contributed by atoms with Crippen LogP contribution in [0.3, 0.4) is 0 Å². The summed E-state index contributed by atoms with van der Waals surface area (Å²) in [5.74, 6) is -1.22. The molecule has 1 heterocycles. The Morgan fingerprint density at radius 3 is 2.67 bits per heavy atom. The minimum Gasteiger partial charge on any atom is -0.463 e. The van der Waals surface area contributed by atoms with E-state index in [1.807, 2.05) is 6.92 Å². The molecule has 1 aliphatic heterocycles. The van der Waals surface area contributed by atoms with Crippen LogP contribution in [-0.2, 0) is 28.6 Å². The second-order valence-corrected chi connectivity index (χ2v) is 6.08. The molecule has 0 saturated carbocycles. The molecule has 1 atom stereocenters. The minimum absolute atomic E-state index is 0.0751. The van der Waals surface area contributed by atoms with Gasteiger partial charge in [-0.1, -0.05) is 35.9 Å². The lowest BCUT2D eigenvalue weighted by Gasteiger charge is -2.17. The summed E-state index contributed by atoms with van der Waals surface area (Å²) in [5, 5.41) is 0. The van der Waals surface area contributed by atoms with Gasteiger partial charge in [0.2, 0.25) is 0 Å². The Labute approximate surface area is 157 Å². The topological polar surface area (TPSA) is 78.9 Å². The van der Waals surface area contributed by atoms with Crippen LogP contribution in [0.15, 0.2) is 33.5 Å². The van der Waals surface area contributed by atoms with E-state index in [9.17, 15) is 14.4 Å². The number of rotatable bonds is 9. The number of carbonyl (C=O) groups is 3. The Kier molecular flexibility index (Phi) is 8.99. The molecule has 1 aliphatic rings. The van der Waals surface area contributed by atoms with Gasteiger partial charge in [-0.2, -0.15) is 0 Å². The Hall–Kier alpha value is -1.41. The molecule has 0 aromatic rings. The van der Waals surface area contributed by atoms with E-state index in [1.54, 1.807) is 0 Å². The molecule has 0 aromatic heterocycles. The highest BCUT2D eigenvalue weighted by atomic mass is 79.9. The van der Waals surface area contributed by atoms with Crippen LogP contribution in [0.25, 0.3) is 0 Å². The van der Waals surface area contributed by atoms with Crippen molar-refractivity contribution in [1.29, 1.82) is 0 Å². The Morgan fingerprint density at radius 2 is 2.12 bits per heavy atom. The van der Waals surface area contributed by atoms with Crippen LogP contribution in [0.4, 0.5) is 0 Å². The van der Waals surface area contributed by atoms with Crippen LogP contribution in [0.1, 0.15) is 32.6 Å². The van der Waals surface area contributed by atoms with Crippen LogP contribution < -0.4 is 0 Å². The molecule has 1 rings (SSSR count). The van der Waals surface area contributed by atoms with Gasteiger partial charge in [-0.05, 0) is 28.8 Å². The first kappa shape index (κ1) is 20.6. The van der Waals surface area contributed by atoms with Crippen LogP contribution >= 0.6 is 31.9 Å². The molecule has 0 aliphatic carbocycles. The van der Waals surface area contributed by atoms with Crippen LogP contribution in [0.2, 0.25) is 0 Å². The molecular formula is C16H18Br2O6. The first-order chi connectivity index (χ1) is 11.4. The summed E-state index contributed by atoms with van der Waals surface area (Å²) in [7, 11) is 0. The van der Waals surface area contributed by atoms with E-state index < -0.39 is 24.0 Å². The number of esters is 3. The van der Waals surface area contributed by atoms with Gasteiger partial charge in [-0.25, -0.2) is 9.59 Å². The van der Waals surface area contributed by atoms with Crippen molar-refractivity contribution < 1.29 is 28.6 Å². The normalized spacial score (nSPS) is 16.8. The van der Waals surface area contributed by atoms with Crippen LogP contribution in [0, 0.1) is 0 Å². The zero-order valence-corrected chi connectivity index (χ0v) is 16.4. The number of hydrogen-bond donors (Lipinski definition) is 0. The average molecular weight is 466 g/mol. The highest BCUT2D eigenvalue weighted by Crippen LogP contribution is 2.35. The largest absolute Gasteiger partial charge is 0.463 e. The van der Waals surface area contributed by atoms with Crippen LogP contribution in [0.5, 0.6) is 0 Å². The Balaban J connectivity index is 2.65. The first-order valence-corrected chi connectivity index (χ1v) is 9.06. The van der Waals surface area contributed by atoms with Gasteiger partial charge in [-0.15, -0.1) is 0 Å². The number of ether oxygens (including phenoxy) is 3. The standard InChI is InChI=1S/C16H18Br2O6/c1-3-6-10(14-15(18)11(9-17)24-16(14)21)23-13(20)7-5-8-22-12(19)4-2/h4,9-10H,2-3,5-8H2,1H3. The van der Waals surface area contributed by atoms with Gasteiger partial charge in [0, 0.05) is 17.5 Å². The van der Waals surface area contributed by atoms with E-state index in [-0.39, 0.29) is 18.6 Å². The fourth-order valence-corrected chi connectivity index (χ4v) is 3.20. The molecule has 0 spiro atoms. The second-order valence-electron chi connectivity index (χ2n) is 4.83. The quantitative estimate of drug-likeness (QED) is 0.224. The first-order valence-electron chi connectivity index (χ1n) is 7.35. The third-order valence-corrected chi connectivity index (χ3v) is 4.29. The lowest BCUT2D eigenvalue weighted by atomic mass is 10.1. The van der Waals surface area contributed by atoms with Gasteiger partial charge in [-0.3, -0.25) is 4.79 Å². The Morgan fingerprint density at radius 1 is 1.42 bits per heavy atom. The third kappa shape index (κ3) is 5.90. The lowest BCUT2D eigenvalue weighted by molar-refractivity contribution is -0.150. The SMILES string of the molecule is C=CC(=O)OCCCC(=O)OC(CCC)C1=C(Br)C(=CBr)OC1=O. The van der Waals surface area contributed by atoms with Crippen molar-refractivity contribution in [2.24, 2.45) is 0 Å². The molecular weight excluding hydrogens is 448 g/mol. The third-order valence-electron chi connectivity index (χ3n) is 3.06. The monoisotopic (exact) mass is 464 g/mol. The van der Waals surface area contributed by atoms with E-state index in [0.29, 0.717) is 23.1 Å². The molecule has 24 heavy (non-hydrogen) atoms. The molecule has 132 valence electrons. The maximum Gasteiger partial charge on any atom is 0.344 e. The number of cyclic esters (lactones) is 1. The molecule has 6 nitrogen and oxygen atoms in total. The van der Waals surface area contributed by atoms with E-state index in [1.165, 1.54) is 4.99 Å². The molecule has 0 bridgehead atoms. The summed E-state index contributed by atoms with van der Waals surface area (Å²) in [6.07, 6.45) is 1.98. The van der Waals surface area contributed by atoms with Crippen LogP contribution in [-0.4, -0.2) is 30.6 Å². The number of hydrogen-bond acceptors (Lipinski definition) is 6. The fraction of sp³-hybridized carbons (Fsp3) is 0.438. The van der Waals surface area contributed by atoms with Gasteiger partial charge in [0.1, 0.15) is 6.10 Å². The zero-order valence-electron chi connectivity index (χ0n) is 13.2. The number of halogens is 2. The Bertz CT molecular complexity index is 579. The fourth-order valence-electron chi connectivity index (χ4n) is 1.96. The van der Waals surface area contributed by atoms with Crippen molar-refractivity contribution in [2.45, 2.75) is 38.7 Å². The summed E-state index contributed by atoms with van der Waals surface area (Å²) < 4.78 is 15.7. The second kappa shape index (κ2) is 10.5. The van der Waals surface area contributed by atoms with E-state index >= 15 is 0 Å². The van der Waals surface area contributed by atoms with E-state index in [4.69, 9.17) is 14.2 Å². The maximum absolute atomic E-state index is 12.0. The highest BCUT2D eigenvalue weighted by Gasteiger charge is 2.35. The van der Waals surface area contributed by atoms with Crippen molar-refractivity contribution in [3.63, 3.8) is 0 Å². The molecule has 0 aromatic carbocycles. The van der Waals surface area contributed by atoms with Gasteiger partial charge < -0.3 is 14.2 Å². The molecule has 0 radical (unpaired) electrons. The lowest BCUT2D eigenvalue weighted by Crippen LogP contribution is -2.24. The predicted molar refractivity (Wildman–Crippen MR) is 94.2 cm³/mol.